The van der Waals surface area contributed by atoms with Crippen molar-refractivity contribution in [3.05, 3.63) is 34.9 Å². The summed E-state index contributed by atoms with van der Waals surface area (Å²) in [5.74, 6) is -0.642. The molecule has 0 aliphatic heterocycles. The van der Waals surface area contributed by atoms with Gasteiger partial charge in [0.15, 0.2) is 0 Å². The van der Waals surface area contributed by atoms with E-state index in [-0.39, 0.29) is 18.4 Å². The molecule has 104 valence electrons. The van der Waals surface area contributed by atoms with Crippen molar-refractivity contribution in [3.63, 3.8) is 0 Å². The number of halogens is 1. The zero-order valence-corrected chi connectivity index (χ0v) is 12.7. The summed E-state index contributed by atoms with van der Waals surface area (Å²) in [5.41, 5.74) is 2.19. The van der Waals surface area contributed by atoms with Crippen molar-refractivity contribution < 1.29 is 19.1 Å². The fourth-order valence-corrected chi connectivity index (χ4v) is 2.27. The van der Waals surface area contributed by atoms with Gasteiger partial charge in [0.1, 0.15) is 0 Å². The number of rotatable bonds is 6. The molecule has 0 aliphatic carbocycles. The summed E-state index contributed by atoms with van der Waals surface area (Å²) in [6, 6.07) is 5.55. The molecule has 0 aliphatic rings. The number of benzene rings is 1. The van der Waals surface area contributed by atoms with Crippen LogP contribution >= 0.6 is 15.9 Å². The maximum absolute atomic E-state index is 11.8. The Labute approximate surface area is 121 Å². The molecule has 1 aromatic rings. The predicted molar refractivity (Wildman–Crippen MR) is 75.4 cm³/mol. The summed E-state index contributed by atoms with van der Waals surface area (Å²) < 4.78 is 9.68. The van der Waals surface area contributed by atoms with E-state index in [0.717, 1.165) is 11.1 Å². The third-order valence-corrected chi connectivity index (χ3v) is 3.28. The van der Waals surface area contributed by atoms with Gasteiger partial charge in [-0.15, -0.1) is 0 Å². The van der Waals surface area contributed by atoms with E-state index in [0.29, 0.717) is 23.9 Å². The maximum atomic E-state index is 11.8. The van der Waals surface area contributed by atoms with Crippen molar-refractivity contribution in [2.24, 2.45) is 0 Å². The summed E-state index contributed by atoms with van der Waals surface area (Å²) in [7, 11) is 1.35. The number of aryl methyl sites for hydroxylation is 1. The van der Waals surface area contributed by atoms with Crippen LogP contribution < -0.4 is 0 Å². The molecular weight excluding hydrogens is 312 g/mol. The van der Waals surface area contributed by atoms with E-state index >= 15 is 0 Å². The molecule has 0 amide bonds. The molecule has 0 radical (unpaired) electrons. The third-order valence-electron chi connectivity index (χ3n) is 2.67. The standard InChI is InChI=1S/C14H17BrO4/c1-3-19-12(16)8-7-10-5-4-6-11(9-15)13(10)14(17)18-2/h4-6H,3,7-9H2,1-2H3. The predicted octanol–water partition coefficient (Wildman–Crippen LogP) is 2.86. The Kier molecular flexibility index (Phi) is 6.56. The first-order valence-corrected chi connectivity index (χ1v) is 7.16. The molecule has 0 aromatic heterocycles. The summed E-state index contributed by atoms with van der Waals surface area (Å²) in [6.07, 6.45) is 0.716. The minimum absolute atomic E-state index is 0.254. The maximum Gasteiger partial charge on any atom is 0.338 e. The van der Waals surface area contributed by atoms with Gasteiger partial charge in [-0.2, -0.15) is 0 Å². The molecular formula is C14H17BrO4. The van der Waals surface area contributed by atoms with Crippen LogP contribution in [0.2, 0.25) is 0 Å². The molecule has 1 aromatic carbocycles. The minimum atomic E-state index is -0.381. The minimum Gasteiger partial charge on any atom is -0.466 e. The van der Waals surface area contributed by atoms with Gasteiger partial charge < -0.3 is 9.47 Å². The van der Waals surface area contributed by atoms with Gasteiger partial charge in [-0.3, -0.25) is 4.79 Å². The van der Waals surface area contributed by atoms with Gasteiger partial charge in [-0.05, 0) is 24.5 Å². The van der Waals surface area contributed by atoms with E-state index < -0.39 is 0 Å². The van der Waals surface area contributed by atoms with Crippen molar-refractivity contribution in [1.29, 1.82) is 0 Å². The van der Waals surface area contributed by atoms with E-state index in [1.807, 2.05) is 18.2 Å². The highest BCUT2D eigenvalue weighted by Gasteiger charge is 2.17. The average Bonchev–Trinajstić information content (AvgIpc) is 2.44. The van der Waals surface area contributed by atoms with Gasteiger partial charge in [0.25, 0.3) is 0 Å². The second-order valence-corrected chi connectivity index (χ2v) is 4.44. The number of ether oxygens (including phenoxy) is 2. The fourth-order valence-electron chi connectivity index (χ4n) is 1.81. The lowest BCUT2D eigenvalue weighted by molar-refractivity contribution is -0.143. The van der Waals surface area contributed by atoms with Crippen LogP contribution in [0.25, 0.3) is 0 Å². The molecule has 0 spiro atoms. The van der Waals surface area contributed by atoms with Crippen LogP contribution in [0.1, 0.15) is 34.8 Å². The Hall–Kier alpha value is -1.36. The molecule has 0 atom stereocenters. The van der Waals surface area contributed by atoms with Crippen LogP contribution in [0.5, 0.6) is 0 Å². The zero-order valence-electron chi connectivity index (χ0n) is 11.1. The molecule has 19 heavy (non-hydrogen) atoms. The Morgan fingerprint density at radius 2 is 1.95 bits per heavy atom. The number of carbonyl (C=O) groups is 2. The van der Waals surface area contributed by atoms with Crippen molar-refractivity contribution in [1.82, 2.24) is 0 Å². The van der Waals surface area contributed by atoms with E-state index in [4.69, 9.17) is 9.47 Å². The number of esters is 2. The van der Waals surface area contributed by atoms with Crippen molar-refractivity contribution in [2.45, 2.75) is 25.1 Å². The lowest BCUT2D eigenvalue weighted by atomic mass is 9.98. The first-order valence-electron chi connectivity index (χ1n) is 6.04. The Morgan fingerprint density at radius 1 is 1.26 bits per heavy atom. The summed E-state index contributed by atoms with van der Waals surface area (Å²) in [6.45, 7) is 2.13. The molecule has 0 N–H and O–H groups in total. The largest absolute Gasteiger partial charge is 0.466 e. The smallest absolute Gasteiger partial charge is 0.338 e. The van der Waals surface area contributed by atoms with Gasteiger partial charge in [-0.1, -0.05) is 34.1 Å². The number of methoxy groups -OCH3 is 1. The molecule has 1 rings (SSSR count). The Morgan fingerprint density at radius 3 is 2.53 bits per heavy atom. The van der Waals surface area contributed by atoms with Crippen LogP contribution in [0, 0.1) is 0 Å². The molecule has 0 saturated heterocycles. The third kappa shape index (κ3) is 4.35. The van der Waals surface area contributed by atoms with Crippen molar-refractivity contribution in [3.8, 4) is 0 Å². The number of hydrogen-bond donors (Lipinski definition) is 0. The molecule has 0 unspecified atom stereocenters. The lowest BCUT2D eigenvalue weighted by Gasteiger charge is -2.11. The first-order chi connectivity index (χ1) is 9.13. The Balaban J connectivity index is 2.93. The van der Waals surface area contributed by atoms with E-state index in [2.05, 4.69) is 15.9 Å². The van der Waals surface area contributed by atoms with Gasteiger partial charge in [0.2, 0.25) is 0 Å². The topological polar surface area (TPSA) is 52.6 Å². The molecule has 5 heteroatoms. The van der Waals surface area contributed by atoms with Crippen molar-refractivity contribution >= 4 is 27.9 Å². The van der Waals surface area contributed by atoms with Gasteiger partial charge in [0, 0.05) is 11.8 Å². The molecule has 0 saturated carbocycles. The SMILES string of the molecule is CCOC(=O)CCc1cccc(CBr)c1C(=O)OC. The zero-order chi connectivity index (χ0) is 14.3. The lowest BCUT2D eigenvalue weighted by Crippen LogP contribution is -2.11. The summed E-state index contributed by atoms with van der Waals surface area (Å²) >= 11 is 3.35. The fraction of sp³-hybridized carbons (Fsp3) is 0.429. The monoisotopic (exact) mass is 328 g/mol. The highest BCUT2D eigenvalue weighted by atomic mass is 79.9. The second-order valence-electron chi connectivity index (χ2n) is 3.88. The second kappa shape index (κ2) is 7.94. The summed E-state index contributed by atoms with van der Waals surface area (Å²) in [4.78, 5) is 23.2. The Bertz CT molecular complexity index is 457. The molecule has 4 nitrogen and oxygen atoms in total. The average molecular weight is 329 g/mol. The molecule has 0 bridgehead atoms. The summed E-state index contributed by atoms with van der Waals surface area (Å²) in [5, 5.41) is 0.560. The molecule has 0 fully saturated rings. The van der Waals surface area contributed by atoms with Crippen LogP contribution in [-0.2, 0) is 26.0 Å². The highest BCUT2D eigenvalue weighted by molar-refractivity contribution is 9.08. The number of alkyl halides is 1. The van der Waals surface area contributed by atoms with Crippen LogP contribution in [0.15, 0.2) is 18.2 Å². The first kappa shape index (κ1) is 15.7. The van der Waals surface area contributed by atoms with Gasteiger partial charge in [0.05, 0.1) is 19.3 Å². The van der Waals surface area contributed by atoms with Crippen LogP contribution in [0.4, 0.5) is 0 Å². The van der Waals surface area contributed by atoms with E-state index in [1.165, 1.54) is 7.11 Å². The van der Waals surface area contributed by atoms with Crippen molar-refractivity contribution in [2.75, 3.05) is 13.7 Å². The number of carbonyl (C=O) groups excluding carboxylic acids is 2. The van der Waals surface area contributed by atoms with Gasteiger partial charge >= 0.3 is 11.9 Å². The van der Waals surface area contributed by atoms with E-state index in [9.17, 15) is 9.59 Å². The normalized spacial score (nSPS) is 10.1. The van der Waals surface area contributed by atoms with Crippen LogP contribution in [0.3, 0.4) is 0 Å². The highest BCUT2D eigenvalue weighted by Crippen LogP contribution is 2.20. The number of hydrogen-bond acceptors (Lipinski definition) is 4. The van der Waals surface area contributed by atoms with Gasteiger partial charge in [-0.25, -0.2) is 4.79 Å². The molecule has 0 heterocycles. The quantitative estimate of drug-likeness (QED) is 0.595. The van der Waals surface area contributed by atoms with E-state index in [1.54, 1.807) is 6.92 Å². The van der Waals surface area contributed by atoms with Crippen LogP contribution in [-0.4, -0.2) is 25.7 Å².